The zero-order valence-electron chi connectivity index (χ0n) is 11.8. The molecule has 0 aliphatic rings. The molecule has 0 aromatic heterocycles. The van der Waals surface area contributed by atoms with Crippen LogP contribution in [0.2, 0.25) is 0 Å². The van der Waals surface area contributed by atoms with Gasteiger partial charge in [0.2, 0.25) is 0 Å². The molecule has 1 atom stereocenters. The van der Waals surface area contributed by atoms with Gasteiger partial charge in [0.05, 0.1) is 10.5 Å². The summed E-state index contributed by atoms with van der Waals surface area (Å²) in [6.45, 7) is 1.92. The van der Waals surface area contributed by atoms with Crippen molar-refractivity contribution in [3.8, 4) is 0 Å². The fourth-order valence-electron chi connectivity index (χ4n) is 2.05. The van der Waals surface area contributed by atoms with Crippen molar-refractivity contribution in [2.75, 3.05) is 12.8 Å². The Morgan fingerprint density at radius 2 is 2.00 bits per heavy atom. The lowest BCUT2D eigenvalue weighted by molar-refractivity contribution is 0.0742. The Balaban J connectivity index is 2.24. The van der Waals surface area contributed by atoms with Crippen molar-refractivity contribution in [2.45, 2.75) is 13.0 Å². The molecule has 21 heavy (non-hydrogen) atoms. The summed E-state index contributed by atoms with van der Waals surface area (Å²) >= 11 is 3.09. The van der Waals surface area contributed by atoms with Crippen LogP contribution in [0.5, 0.6) is 0 Å². The molecule has 0 aliphatic heterocycles. The van der Waals surface area contributed by atoms with Crippen LogP contribution in [-0.4, -0.2) is 17.9 Å². The van der Waals surface area contributed by atoms with Crippen LogP contribution in [-0.2, 0) is 0 Å². The molecular weight excluding hydrogens is 335 g/mol. The molecule has 5 heteroatoms. The van der Waals surface area contributed by atoms with Crippen LogP contribution in [0.25, 0.3) is 0 Å². The molecule has 3 nitrogen and oxygen atoms in total. The van der Waals surface area contributed by atoms with Crippen molar-refractivity contribution in [3.05, 3.63) is 63.9 Å². The SMILES string of the molecule is CC(c1cccc(N)c1)N(C)C(=O)c1ccc(F)c(Br)c1. The number of amides is 1. The van der Waals surface area contributed by atoms with Crippen molar-refractivity contribution < 1.29 is 9.18 Å². The second-order valence-corrected chi connectivity index (χ2v) is 5.75. The number of hydrogen-bond acceptors (Lipinski definition) is 2. The molecule has 0 bridgehead atoms. The van der Waals surface area contributed by atoms with Gasteiger partial charge in [0.25, 0.3) is 5.91 Å². The predicted molar refractivity (Wildman–Crippen MR) is 85.5 cm³/mol. The Morgan fingerprint density at radius 3 is 2.62 bits per heavy atom. The number of nitrogens with zero attached hydrogens (tertiary/aromatic N) is 1. The number of rotatable bonds is 3. The van der Waals surface area contributed by atoms with Gasteiger partial charge in [-0.2, -0.15) is 0 Å². The molecular formula is C16H16BrFN2O. The molecule has 110 valence electrons. The standard InChI is InChI=1S/C16H16BrFN2O/c1-10(11-4-3-5-13(19)8-11)20(2)16(21)12-6-7-15(18)14(17)9-12/h3-10H,19H2,1-2H3. The summed E-state index contributed by atoms with van der Waals surface area (Å²) in [5.74, 6) is -0.566. The Hall–Kier alpha value is -1.88. The Morgan fingerprint density at radius 1 is 1.29 bits per heavy atom. The predicted octanol–water partition coefficient (Wildman–Crippen LogP) is 4.00. The summed E-state index contributed by atoms with van der Waals surface area (Å²) < 4.78 is 13.5. The maximum atomic E-state index is 13.2. The second kappa shape index (κ2) is 6.26. The molecule has 2 N–H and O–H groups in total. The fourth-order valence-corrected chi connectivity index (χ4v) is 2.43. The molecule has 0 spiro atoms. The van der Waals surface area contributed by atoms with E-state index in [1.54, 1.807) is 18.0 Å². The average Bonchev–Trinajstić information content (AvgIpc) is 2.47. The first-order chi connectivity index (χ1) is 9.90. The van der Waals surface area contributed by atoms with E-state index in [1.807, 2.05) is 25.1 Å². The van der Waals surface area contributed by atoms with Gasteiger partial charge in [-0.1, -0.05) is 12.1 Å². The molecule has 0 fully saturated rings. The Kier molecular flexibility index (Phi) is 4.63. The molecule has 2 aromatic rings. The lowest BCUT2D eigenvalue weighted by atomic mass is 10.1. The fraction of sp³-hybridized carbons (Fsp3) is 0.188. The summed E-state index contributed by atoms with van der Waals surface area (Å²) in [6, 6.07) is 11.5. The first-order valence-corrected chi connectivity index (χ1v) is 7.27. The van der Waals surface area contributed by atoms with E-state index in [9.17, 15) is 9.18 Å². The first-order valence-electron chi connectivity index (χ1n) is 6.48. The molecule has 1 amide bonds. The van der Waals surface area contributed by atoms with E-state index in [-0.39, 0.29) is 16.4 Å². The Bertz CT molecular complexity index is 675. The summed E-state index contributed by atoms with van der Waals surface area (Å²) in [5, 5.41) is 0. The van der Waals surface area contributed by atoms with Gasteiger partial charge in [-0.25, -0.2) is 4.39 Å². The van der Waals surface area contributed by atoms with Crippen LogP contribution in [0.15, 0.2) is 46.9 Å². The van der Waals surface area contributed by atoms with Crippen molar-refractivity contribution in [1.29, 1.82) is 0 Å². The summed E-state index contributed by atoms with van der Waals surface area (Å²) in [6.07, 6.45) is 0. The normalized spacial score (nSPS) is 12.0. The number of nitrogens with two attached hydrogens (primary N) is 1. The zero-order valence-corrected chi connectivity index (χ0v) is 13.4. The van der Waals surface area contributed by atoms with E-state index in [0.29, 0.717) is 11.3 Å². The summed E-state index contributed by atoms with van der Waals surface area (Å²) in [5.41, 5.74) is 7.81. The molecule has 0 heterocycles. The van der Waals surface area contributed by atoms with Gasteiger partial charge in [0, 0.05) is 18.3 Å². The lowest BCUT2D eigenvalue weighted by Crippen LogP contribution is -2.29. The van der Waals surface area contributed by atoms with E-state index in [4.69, 9.17) is 5.73 Å². The van der Waals surface area contributed by atoms with Crippen LogP contribution in [0.1, 0.15) is 28.9 Å². The lowest BCUT2D eigenvalue weighted by Gasteiger charge is -2.25. The van der Waals surface area contributed by atoms with Gasteiger partial charge in [-0.3, -0.25) is 4.79 Å². The first kappa shape index (κ1) is 15.5. The number of nitrogen functional groups attached to an aromatic ring is 1. The number of anilines is 1. The van der Waals surface area contributed by atoms with Gasteiger partial charge in [0.15, 0.2) is 0 Å². The monoisotopic (exact) mass is 350 g/mol. The smallest absolute Gasteiger partial charge is 0.254 e. The highest BCUT2D eigenvalue weighted by atomic mass is 79.9. The molecule has 0 saturated heterocycles. The van der Waals surface area contributed by atoms with E-state index < -0.39 is 5.82 Å². The Labute approximate surface area is 131 Å². The van der Waals surface area contributed by atoms with Crippen LogP contribution in [0.3, 0.4) is 0 Å². The number of halogens is 2. The second-order valence-electron chi connectivity index (χ2n) is 4.89. The van der Waals surface area contributed by atoms with Crippen LogP contribution >= 0.6 is 15.9 Å². The van der Waals surface area contributed by atoms with Crippen LogP contribution in [0.4, 0.5) is 10.1 Å². The van der Waals surface area contributed by atoms with E-state index in [2.05, 4.69) is 15.9 Å². The van der Waals surface area contributed by atoms with E-state index >= 15 is 0 Å². The van der Waals surface area contributed by atoms with E-state index in [1.165, 1.54) is 18.2 Å². The molecule has 1 unspecified atom stereocenters. The molecule has 2 rings (SSSR count). The van der Waals surface area contributed by atoms with Gasteiger partial charge >= 0.3 is 0 Å². The molecule has 0 saturated carbocycles. The maximum absolute atomic E-state index is 13.2. The highest BCUT2D eigenvalue weighted by Crippen LogP contribution is 2.24. The largest absolute Gasteiger partial charge is 0.399 e. The van der Waals surface area contributed by atoms with Crippen LogP contribution in [0, 0.1) is 5.82 Å². The number of carbonyl (C=O) groups excluding carboxylic acids is 1. The number of hydrogen-bond donors (Lipinski definition) is 1. The van der Waals surface area contributed by atoms with Gasteiger partial charge < -0.3 is 10.6 Å². The van der Waals surface area contributed by atoms with Crippen molar-refractivity contribution in [3.63, 3.8) is 0 Å². The van der Waals surface area contributed by atoms with E-state index in [0.717, 1.165) is 5.56 Å². The molecule has 2 aromatic carbocycles. The number of carbonyl (C=O) groups is 1. The third kappa shape index (κ3) is 3.42. The summed E-state index contributed by atoms with van der Waals surface area (Å²) in [4.78, 5) is 14.1. The highest BCUT2D eigenvalue weighted by molar-refractivity contribution is 9.10. The minimum atomic E-state index is -0.391. The van der Waals surface area contributed by atoms with Gasteiger partial charge in [0.1, 0.15) is 5.82 Å². The third-order valence-corrected chi connectivity index (χ3v) is 4.07. The van der Waals surface area contributed by atoms with Crippen molar-refractivity contribution in [1.82, 2.24) is 4.90 Å². The zero-order chi connectivity index (χ0) is 15.6. The topological polar surface area (TPSA) is 46.3 Å². The maximum Gasteiger partial charge on any atom is 0.254 e. The summed E-state index contributed by atoms with van der Waals surface area (Å²) in [7, 11) is 1.72. The van der Waals surface area contributed by atoms with Gasteiger partial charge in [-0.05, 0) is 58.7 Å². The molecule has 0 radical (unpaired) electrons. The van der Waals surface area contributed by atoms with Gasteiger partial charge in [-0.15, -0.1) is 0 Å². The average molecular weight is 351 g/mol. The molecule has 0 aliphatic carbocycles. The highest BCUT2D eigenvalue weighted by Gasteiger charge is 2.19. The van der Waals surface area contributed by atoms with Crippen LogP contribution < -0.4 is 5.73 Å². The third-order valence-electron chi connectivity index (χ3n) is 3.46. The minimum absolute atomic E-state index is 0.134. The van der Waals surface area contributed by atoms with Crippen molar-refractivity contribution in [2.24, 2.45) is 0 Å². The quantitative estimate of drug-likeness (QED) is 0.850. The number of benzene rings is 2. The van der Waals surface area contributed by atoms with Crippen molar-refractivity contribution >= 4 is 27.5 Å². The minimum Gasteiger partial charge on any atom is -0.399 e.